The van der Waals surface area contributed by atoms with Gasteiger partial charge in [-0.1, -0.05) is 344 Å². The summed E-state index contributed by atoms with van der Waals surface area (Å²) in [6, 6.07) is 0. The molecular weight excluding hydrogens is 1270 g/mol. The standard InChI is InChI=1S/C78H152O17P2/c1-68(2)54-46-38-30-23-17-12-9-10-14-21-27-35-44-52-60-77(82)94-73(64-88-75(80)58-50-42-34-26-20-15-11-13-18-24-31-39-47-55-69(3)4)66-92-96(84,85)90-62-72(79)63-91-97(86,87)93-67-74(65-89-76(81)59-51-43-37-29-33-41-49-57-71(7)8)95-78(83)61-53-45-36-28-22-16-19-25-32-40-48-56-70(5)6/h68-74,79H,9-67H2,1-8H3,(H,84,85)(H,86,87)/t72?,73-,74-/m1/s1. The topological polar surface area (TPSA) is 237 Å². The van der Waals surface area contributed by atoms with Crippen molar-refractivity contribution in [1.29, 1.82) is 0 Å². The maximum atomic E-state index is 13.1. The molecule has 3 N–H and O–H groups in total. The second-order valence-electron chi connectivity index (χ2n) is 30.0. The summed E-state index contributed by atoms with van der Waals surface area (Å²) in [6.45, 7) is 14.2. The average molecular weight is 1420 g/mol. The van der Waals surface area contributed by atoms with Gasteiger partial charge in [-0.25, -0.2) is 9.13 Å². The summed E-state index contributed by atoms with van der Waals surface area (Å²) in [5.74, 6) is 0.939. The van der Waals surface area contributed by atoms with Crippen molar-refractivity contribution in [2.24, 2.45) is 23.7 Å². The Hall–Kier alpha value is -1.94. The van der Waals surface area contributed by atoms with Gasteiger partial charge in [-0.05, 0) is 49.4 Å². The molecule has 0 saturated carbocycles. The van der Waals surface area contributed by atoms with Crippen LogP contribution in [0.5, 0.6) is 0 Å². The zero-order valence-corrected chi connectivity index (χ0v) is 65.5. The maximum absolute atomic E-state index is 13.1. The summed E-state index contributed by atoms with van der Waals surface area (Å²) in [4.78, 5) is 72.9. The fraction of sp³-hybridized carbons (Fsp3) is 0.949. The summed E-state index contributed by atoms with van der Waals surface area (Å²) in [7, 11) is -9.92. The summed E-state index contributed by atoms with van der Waals surface area (Å²) in [6.07, 6.45) is 52.7. The Labute approximate surface area is 594 Å². The van der Waals surface area contributed by atoms with Crippen LogP contribution in [0.1, 0.15) is 396 Å². The molecule has 0 aromatic carbocycles. The second kappa shape index (κ2) is 67.2. The SMILES string of the molecule is CC(C)CCCCCCCCCCCCCCCCC(=O)O[C@H](COC(=O)CCCCCCCCCCCCCCCC(C)C)COP(=O)(O)OCC(O)COP(=O)(O)OC[C@@H](COC(=O)CCCCCCCCCC(C)C)OC(=O)CCCCCCCCCCCCCC(C)C. The lowest BCUT2D eigenvalue weighted by Gasteiger charge is -2.21. The number of ether oxygens (including phenoxy) is 4. The molecule has 0 amide bonds. The third kappa shape index (κ3) is 72.2. The molecule has 0 saturated heterocycles. The van der Waals surface area contributed by atoms with Crippen LogP contribution in [0.4, 0.5) is 0 Å². The quantitative estimate of drug-likeness (QED) is 0.0222. The van der Waals surface area contributed by atoms with Gasteiger partial charge in [-0.15, -0.1) is 0 Å². The fourth-order valence-electron chi connectivity index (χ4n) is 11.9. The molecule has 576 valence electrons. The number of esters is 4. The minimum atomic E-state index is -4.96. The number of phosphoric ester groups is 2. The number of hydrogen-bond acceptors (Lipinski definition) is 15. The van der Waals surface area contributed by atoms with Gasteiger partial charge in [0.1, 0.15) is 19.3 Å². The molecule has 0 spiro atoms. The molecular formula is C78H152O17P2. The van der Waals surface area contributed by atoms with Gasteiger partial charge >= 0.3 is 39.5 Å². The van der Waals surface area contributed by atoms with Crippen molar-refractivity contribution >= 4 is 39.5 Å². The third-order valence-electron chi connectivity index (χ3n) is 18.1. The van der Waals surface area contributed by atoms with E-state index in [0.29, 0.717) is 31.6 Å². The first kappa shape index (κ1) is 95.1. The lowest BCUT2D eigenvalue weighted by atomic mass is 10.0. The van der Waals surface area contributed by atoms with Crippen molar-refractivity contribution in [2.45, 2.75) is 414 Å². The van der Waals surface area contributed by atoms with Crippen molar-refractivity contribution in [3.05, 3.63) is 0 Å². The van der Waals surface area contributed by atoms with Crippen LogP contribution in [0.15, 0.2) is 0 Å². The summed E-state index contributed by atoms with van der Waals surface area (Å²) in [5.41, 5.74) is 0. The summed E-state index contributed by atoms with van der Waals surface area (Å²) in [5, 5.41) is 10.6. The van der Waals surface area contributed by atoms with Crippen LogP contribution in [-0.4, -0.2) is 96.7 Å². The minimum Gasteiger partial charge on any atom is -0.462 e. The number of aliphatic hydroxyl groups excluding tert-OH is 1. The highest BCUT2D eigenvalue weighted by atomic mass is 31.2. The Morgan fingerprint density at radius 2 is 0.433 bits per heavy atom. The van der Waals surface area contributed by atoms with E-state index in [1.807, 2.05) is 0 Å². The summed E-state index contributed by atoms with van der Waals surface area (Å²) < 4.78 is 68.6. The molecule has 0 aromatic rings. The van der Waals surface area contributed by atoms with Gasteiger partial charge in [0.15, 0.2) is 12.2 Å². The molecule has 0 bridgehead atoms. The van der Waals surface area contributed by atoms with Crippen molar-refractivity contribution in [3.8, 4) is 0 Å². The zero-order chi connectivity index (χ0) is 71.7. The molecule has 0 heterocycles. The zero-order valence-electron chi connectivity index (χ0n) is 63.7. The Balaban J connectivity index is 5.26. The molecule has 0 aliphatic rings. The van der Waals surface area contributed by atoms with Crippen molar-refractivity contribution in [2.75, 3.05) is 39.6 Å². The van der Waals surface area contributed by atoms with E-state index in [1.54, 1.807) is 0 Å². The monoisotopic (exact) mass is 1420 g/mol. The van der Waals surface area contributed by atoms with Gasteiger partial charge in [0.2, 0.25) is 0 Å². The van der Waals surface area contributed by atoms with Gasteiger partial charge in [0.05, 0.1) is 26.4 Å². The largest absolute Gasteiger partial charge is 0.472 e. The maximum Gasteiger partial charge on any atom is 0.472 e. The number of unbranched alkanes of at least 4 members (excludes halogenated alkanes) is 41. The molecule has 5 atom stereocenters. The predicted molar refractivity (Wildman–Crippen MR) is 395 cm³/mol. The number of carbonyl (C=O) groups excluding carboxylic acids is 4. The number of phosphoric acid groups is 2. The van der Waals surface area contributed by atoms with Crippen molar-refractivity contribution in [3.63, 3.8) is 0 Å². The van der Waals surface area contributed by atoms with E-state index in [9.17, 15) is 43.2 Å². The molecule has 0 radical (unpaired) electrons. The fourth-order valence-corrected chi connectivity index (χ4v) is 13.5. The molecule has 3 unspecified atom stereocenters. The Morgan fingerprint density at radius 1 is 0.258 bits per heavy atom. The van der Waals surface area contributed by atoms with E-state index in [-0.39, 0.29) is 25.7 Å². The molecule has 0 aliphatic heterocycles. The minimum absolute atomic E-state index is 0.105. The van der Waals surface area contributed by atoms with Crippen LogP contribution in [0.3, 0.4) is 0 Å². The van der Waals surface area contributed by atoms with Crippen molar-refractivity contribution < 1.29 is 80.2 Å². The van der Waals surface area contributed by atoms with E-state index in [4.69, 9.17) is 37.0 Å². The van der Waals surface area contributed by atoms with E-state index in [0.717, 1.165) is 114 Å². The van der Waals surface area contributed by atoms with Crippen LogP contribution < -0.4 is 0 Å². The van der Waals surface area contributed by atoms with Crippen LogP contribution >= 0.6 is 15.6 Å². The first-order valence-corrected chi connectivity index (χ1v) is 43.2. The molecule has 0 aliphatic carbocycles. The van der Waals surface area contributed by atoms with Crippen LogP contribution in [0, 0.1) is 23.7 Å². The lowest BCUT2D eigenvalue weighted by Crippen LogP contribution is -2.30. The van der Waals surface area contributed by atoms with Crippen LogP contribution in [-0.2, 0) is 65.4 Å². The molecule has 97 heavy (non-hydrogen) atoms. The number of rotatable bonds is 75. The highest BCUT2D eigenvalue weighted by molar-refractivity contribution is 7.47. The molecule has 19 heteroatoms. The molecule has 17 nitrogen and oxygen atoms in total. The number of carbonyl (C=O) groups is 4. The van der Waals surface area contributed by atoms with Gasteiger partial charge in [-0.2, -0.15) is 0 Å². The smallest absolute Gasteiger partial charge is 0.462 e. The number of aliphatic hydroxyl groups is 1. The Morgan fingerprint density at radius 3 is 0.639 bits per heavy atom. The van der Waals surface area contributed by atoms with Gasteiger partial charge in [0, 0.05) is 25.7 Å². The van der Waals surface area contributed by atoms with Gasteiger partial charge < -0.3 is 33.8 Å². The lowest BCUT2D eigenvalue weighted by molar-refractivity contribution is -0.161. The Kier molecular flexibility index (Phi) is 65.9. The molecule has 0 rings (SSSR count). The van der Waals surface area contributed by atoms with E-state index in [2.05, 4.69) is 55.4 Å². The predicted octanol–water partition coefficient (Wildman–Crippen LogP) is 22.8. The van der Waals surface area contributed by atoms with Crippen LogP contribution in [0.25, 0.3) is 0 Å². The van der Waals surface area contributed by atoms with Gasteiger partial charge in [0.25, 0.3) is 0 Å². The van der Waals surface area contributed by atoms with E-state index >= 15 is 0 Å². The van der Waals surface area contributed by atoms with Gasteiger partial charge in [-0.3, -0.25) is 37.3 Å². The second-order valence-corrected chi connectivity index (χ2v) is 32.9. The average Bonchev–Trinajstić information content (AvgIpc) is 1.24. The first-order chi connectivity index (χ1) is 46.6. The normalized spacial score (nSPS) is 14.1. The highest BCUT2D eigenvalue weighted by Gasteiger charge is 2.30. The Bertz CT molecular complexity index is 1900. The number of hydrogen-bond donors (Lipinski definition) is 3. The van der Waals surface area contributed by atoms with E-state index < -0.39 is 97.5 Å². The first-order valence-electron chi connectivity index (χ1n) is 40.2. The highest BCUT2D eigenvalue weighted by Crippen LogP contribution is 2.45. The third-order valence-corrected chi connectivity index (χ3v) is 20.0. The van der Waals surface area contributed by atoms with Crippen molar-refractivity contribution in [1.82, 2.24) is 0 Å². The molecule has 0 fully saturated rings. The van der Waals surface area contributed by atoms with Crippen LogP contribution in [0.2, 0.25) is 0 Å². The molecule has 0 aromatic heterocycles. The van der Waals surface area contributed by atoms with E-state index in [1.165, 1.54) is 193 Å². The summed E-state index contributed by atoms with van der Waals surface area (Å²) >= 11 is 0.